The first kappa shape index (κ1) is 18.1. The van der Waals surface area contributed by atoms with Gasteiger partial charge in [-0.1, -0.05) is 12.1 Å². The first-order valence-electron chi connectivity index (χ1n) is 8.31. The van der Waals surface area contributed by atoms with E-state index >= 15 is 0 Å². The smallest absolute Gasteiger partial charge is 0.220 e. The molecule has 0 saturated carbocycles. The molecule has 1 fully saturated rings. The second-order valence-corrected chi connectivity index (χ2v) is 6.24. The van der Waals surface area contributed by atoms with Gasteiger partial charge in [-0.25, -0.2) is 8.78 Å². The Morgan fingerprint density at radius 2 is 2.00 bits per heavy atom. The normalized spacial score (nSPS) is 19.9. The number of nitrogens with one attached hydrogen (secondary N) is 2. The molecule has 1 amide bonds. The van der Waals surface area contributed by atoms with Gasteiger partial charge in [-0.3, -0.25) is 4.79 Å². The minimum absolute atomic E-state index is 0.0377. The summed E-state index contributed by atoms with van der Waals surface area (Å²) in [5.74, 6) is -1.14. The van der Waals surface area contributed by atoms with Gasteiger partial charge in [0.05, 0.1) is 13.2 Å². The van der Waals surface area contributed by atoms with Crippen LogP contribution in [0.1, 0.15) is 30.0 Å². The SMILES string of the molecule is COc1cccc(CN[C@@H]2CCC(=O)N[C@H]2c2cc(F)cc(F)c2)c1O. The molecule has 0 unspecified atom stereocenters. The van der Waals surface area contributed by atoms with Gasteiger partial charge in [0, 0.05) is 30.6 Å². The number of halogens is 2. The zero-order valence-corrected chi connectivity index (χ0v) is 14.3. The van der Waals surface area contributed by atoms with Crippen LogP contribution in [0.15, 0.2) is 36.4 Å². The molecule has 0 aliphatic carbocycles. The fourth-order valence-electron chi connectivity index (χ4n) is 3.21. The first-order chi connectivity index (χ1) is 12.5. The van der Waals surface area contributed by atoms with Gasteiger partial charge < -0.3 is 20.5 Å². The molecule has 2 aromatic rings. The lowest BCUT2D eigenvalue weighted by molar-refractivity contribution is -0.123. The van der Waals surface area contributed by atoms with Gasteiger partial charge in [-0.05, 0) is 30.2 Å². The monoisotopic (exact) mass is 362 g/mol. The number of para-hydroxylation sites is 1. The Bertz CT molecular complexity index is 793. The quantitative estimate of drug-likeness (QED) is 0.765. The molecule has 0 radical (unpaired) electrons. The van der Waals surface area contributed by atoms with Crippen molar-refractivity contribution in [3.8, 4) is 11.5 Å². The summed E-state index contributed by atoms with van der Waals surface area (Å²) in [6, 6.07) is 7.60. The summed E-state index contributed by atoms with van der Waals surface area (Å²) >= 11 is 0. The molecular weight excluding hydrogens is 342 g/mol. The van der Waals surface area contributed by atoms with Crippen LogP contribution in [0, 0.1) is 11.6 Å². The van der Waals surface area contributed by atoms with E-state index in [2.05, 4.69) is 10.6 Å². The second-order valence-electron chi connectivity index (χ2n) is 6.24. The standard InChI is InChI=1S/C19H20F2N2O3/c1-26-16-4-2-3-11(19(16)25)10-22-15-5-6-17(24)23-18(15)12-7-13(20)9-14(21)8-12/h2-4,7-9,15,18,22,25H,5-6,10H2,1H3,(H,23,24)/t15-,18+/m1/s1. The van der Waals surface area contributed by atoms with E-state index in [1.807, 2.05) is 0 Å². The Balaban J connectivity index is 1.79. The molecule has 0 aromatic heterocycles. The van der Waals surface area contributed by atoms with Crippen molar-refractivity contribution in [1.82, 2.24) is 10.6 Å². The molecule has 5 nitrogen and oxygen atoms in total. The number of carbonyl (C=O) groups is 1. The maximum atomic E-state index is 13.6. The Hall–Kier alpha value is -2.67. The molecule has 2 aromatic carbocycles. The average Bonchev–Trinajstić information content (AvgIpc) is 2.61. The maximum absolute atomic E-state index is 13.6. The number of piperidine rings is 1. The summed E-state index contributed by atoms with van der Waals surface area (Å²) in [6.45, 7) is 0.317. The molecule has 3 rings (SSSR count). The molecule has 26 heavy (non-hydrogen) atoms. The number of carbonyl (C=O) groups excluding carboxylic acids is 1. The predicted molar refractivity (Wildman–Crippen MR) is 91.8 cm³/mol. The number of hydrogen-bond acceptors (Lipinski definition) is 4. The van der Waals surface area contributed by atoms with Crippen molar-refractivity contribution >= 4 is 5.91 Å². The van der Waals surface area contributed by atoms with Crippen molar-refractivity contribution in [2.45, 2.75) is 31.5 Å². The predicted octanol–water partition coefficient (Wildman–Crippen LogP) is 2.79. The Kier molecular flexibility index (Phi) is 5.37. The van der Waals surface area contributed by atoms with Crippen LogP contribution >= 0.6 is 0 Å². The fourth-order valence-corrected chi connectivity index (χ4v) is 3.21. The lowest BCUT2D eigenvalue weighted by Gasteiger charge is -2.33. The van der Waals surface area contributed by atoms with E-state index in [1.165, 1.54) is 19.2 Å². The Morgan fingerprint density at radius 1 is 1.27 bits per heavy atom. The number of aromatic hydroxyl groups is 1. The van der Waals surface area contributed by atoms with Crippen molar-refractivity contribution in [2.24, 2.45) is 0 Å². The number of ether oxygens (including phenoxy) is 1. The molecular formula is C19H20F2N2O3. The molecule has 1 saturated heterocycles. The van der Waals surface area contributed by atoms with Crippen LogP contribution in [-0.2, 0) is 11.3 Å². The van der Waals surface area contributed by atoms with Gasteiger partial charge in [0.15, 0.2) is 11.5 Å². The summed E-state index contributed by atoms with van der Waals surface area (Å²) in [5.41, 5.74) is 0.994. The maximum Gasteiger partial charge on any atom is 0.220 e. The van der Waals surface area contributed by atoms with Gasteiger partial charge in [0.2, 0.25) is 5.91 Å². The summed E-state index contributed by atoms with van der Waals surface area (Å²) < 4.78 is 32.2. The van der Waals surface area contributed by atoms with Crippen LogP contribution in [0.3, 0.4) is 0 Å². The zero-order chi connectivity index (χ0) is 18.7. The van der Waals surface area contributed by atoms with Crippen LogP contribution in [-0.4, -0.2) is 24.2 Å². The van der Waals surface area contributed by atoms with Gasteiger partial charge >= 0.3 is 0 Å². The van der Waals surface area contributed by atoms with E-state index in [4.69, 9.17) is 4.74 Å². The van der Waals surface area contributed by atoms with E-state index in [9.17, 15) is 18.7 Å². The number of amides is 1. The third-order valence-corrected chi connectivity index (χ3v) is 4.50. The molecule has 3 N–H and O–H groups in total. The second kappa shape index (κ2) is 7.70. The number of methoxy groups -OCH3 is 1. The minimum atomic E-state index is -0.691. The van der Waals surface area contributed by atoms with Crippen molar-refractivity contribution in [2.75, 3.05) is 7.11 Å². The summed E-state index contributed by atoms with van der Waals surface area (Å²) in [6.07, 6.45) is 0.829. The number of rotatable bonds is 5. The van der Waals surface area contributed by atoms with Gasteiger partial charge in [0.1, 0.15) is 11.6 Å². The molecule has 7 heteroatoms. The molecule has 1 aliphatic rings. The minimum Gasteiger partial charge on any atom is -0.504 e. The largest absolute Gasteiger partial charge is 0.504 e. The van der Waals surface area contributed by atoms with Crippen molar-refractivity contribution in [1.29, 1.82) is 0 Å². The molecule has 0 spiro atoms. The van der Waals surface area contributed by atoms with E-state index in [0.29, 0.717) is 36.3 Å². The van der Waals surface area contributed by atoms with Crippen molar-refractivity contribution < 1.29 is 23.4 Å². The number of phenolic OH excluding ortho intramolecular Hbond substituents is 1. The van der Waals surface area contributed by atoms with Crippen LogP contribution in [0.25, 0.3) is 0 Å². The van der Waals surface area contributed by atoms with Crippen LogP contribution in [0.5, 0.6) is 11.5 Å². The Labute approximate surface area is 150 Å². The van der Waals surface area contributed by atoms with Crippen LogP contribution in [0.4, 0.5) is 8.78 Å². The summed E-state index contributed by atoms with van der Waals surface area (Å²) in [7, 11) is 1.47. The van der Waals surface area contributed by atoms with E-state index in [0.717, 1.165) is 6.07 Å². The van der Waals surface area contributed by atoms with E-state index in [1.54, 1.807) is 18.2 Å². The third-order valence-electron chi connectivity index (χ3n) is 4.50. The molecule has 1 heterocycles. The summed E-state index contributed by atoms with van der Waals surface area (Å²) in [5, 5.41) is 16.2. The molecule has 138 valence electrons. The highest BCUT2D eigenvalue weighted by Crippen LogP contribution is 2.30. The lowest BCUT2D eigenvalue weighted by atomic mass is 9.91. The number of hydrogen-bond donors (Lipinski definition) is 3. The van der Waals surface area contributed by atoms with E-state index in [-0.39, 0.29) is 17.7 Å². The van der Waals surface area contributed by atoms with E-state index < -0.39 is 17.7 Å². The topological polar surface area (TPSA) is 70.6 Å². The molecule has 2 atom stereocenters. The van der Waals surface area contributed by atoms with Crippen LogP contribution < -0.4 is 15.4 Å². The molecule has 0 bridgehead atoms. The lowest BCUT2D eigenvalue weighted by Crippen LogP contribution is -2.48. The molecule has 1 aliphatic heterocycles. The Morgan fingerprint density at radius 3 is 2.69 bits per heavy atom. The third kappa shape index (κ3) is 3.94. The number of benzene rings is 2. The number of phenols is 1. The highest BCUT2D eigenvalue weighted by Gasteiger charge is 2.30. The fraction of sp³-hybridized carbons (Fsp3) is 0.316. The highest BCUT2D eigenvalue weighted by molar-refractivity contribution is 5.77. The van der Waals surface area contributed by atoms with Gasteiger partial charge in [-0.15, -0.1) is 0 Å². The highest BCUT2D eigenvalue weighted by atomic mass is 19.1. The summed E-state index contributed by atoms with van der Waals surface area (Å²) in [4.78, 5) is 11.8. The van der Waals surface area contributed by atoms with Gasteiger partial charge in [0.25, 0.3) is 0 Å². The first-order valence-corrected chi connectivity index (χ1v) is 8.31. The van der Waals surface area contributed by atoms with Crippen molar-refractivity contribution in [3.63, 3.8) is 0 Å². The zero-order valence-electron chi connectivity index (χ0n) is 14.3. The van der Waals surface area contributed by atoms with Crippen LogP contribution in [0.2, 0.25) is 0 Å². The average molecular weight is 362 g/mol. The van der Waals surface area contributed by atoms with Gasteiger partial charge in [-0.2, -0.15) is 0 Å². The van der Waals surface area contributed by atoms with Crippen molar-refractivity contribution in [3.05, 3.63) is 59.2 Å².